The molecule has 1 unspecified atom stereocenters. The predicted molar refractivity (Wildman–Crippen MR) is 30.6 cm³/mol. The van der Waals surface area contributed by atoms with Crippen LogP contribution >= 0.6 is 7.91 Å². The smallest absolute Gasteiger partial charge is 0.786 e. The molecule has 1 aliphatic heterocycles. The fourth-order valence-corrected chi connectivity index (χ4v) is 0.418. The minimum Gasteiger partial charge on any atom is -0.786 e. The third-order valence-corrected chi connectivity index (χ3v) is 0.733. The van der Waals surface area contributed by atoms with Crippen LogP contribution in [0.1, 0.15) is 6.92 Å². The molecule has 0 N–H and O–H groups in total. The van der Waals surface area contributed by atoms with Gasteiger partial charge in [-0.3, -0.25) is 0 Å². The van der Waals surface area contributed by atoms with Crippen molar-refractivity contribution >= 4 is 14.1 Å². The first-order chi connectivity index (χ1) is 5.29. The largest absolute Gasteiger partial charge is 1.00 e. The van der Waals surface area contributed by atoms with Gasteiger partial charge in [-0.05, 0) is 6.92 Å². The SMILES string of the molecule is CC1COC(=O)O1.O=P([O-])([O-])F.[K+].[K+]. The van der Waals surface area contributed by atoms with Crippen LogP contribution in [0.3, 0.4) is 0 Å². The molecule has 1 aliphatic rings. The molecule has 10 heteroatoms. The van der Waals surface area contributed by atoms with Gasteiger partial charge in [-0.1, -0.05) is 0 Å². The van der Waals surface area contributed by atoms with Gasteiger partial charge in [0.15, 0.2) is 0 Å². The van der Waals surface area contributed by atoms with Crippen LogP contribution in [0.2, 0.25) is 0 Å². The van der Waals surface area contributed by atoms with Crippen LogP contribution in [0.5, 0.6) is 0 Å². The summed E-state index contributed by atoms with van der Waals surface area (Å²) in [5.41, 5.74) is 0. The summed E-state index contributed by atoms with van der Waals surface area (Å²) in [5, 5.41) is 0. The van der Waals surface area contributed by atoms with Crippen molar-refractivity contribution in [2.45, 2.75) is 13.0 Å². The van der Waals surface area contributed by atoms with Crippen LogP contribution < -0.4 is 113 Å². The number of cyclic esters (lactones) is 2. The molecule has 0 spiro atoms. The molecule has 1 fully saturated rings. The summed E-state index contributed by atoms with van der Waals surface area (Å²) in [6, 6.07) is 0. The van der Waals surface area contributed by atoms with Gasteiger partial charge in [-0.25, -0.2) is 8.99 Å². The molecule has 0 aliphatic carbocycles. The van der Waals surface area contributed by atoms with E-state index < -0.39 is 14.1 Å². The second-order valence-corrected chi connectivity index (χ2v) is 2.78. The molecule has 0 amide bonds. The number of rotatable bonds is 0. The monoisotopic (exact) mass is 278 g/mol. The molecule has 0 bridgehead atoms. The first-order valence-electron chi connectivity index (χ1n) is 2.84. The molecule has 0 radical (unpaired) electrons. The van der Waals surface area contributed by atoms with Gasteiger partial charge in [0.2, 0.25) is 0 Å². The number of ether oxygens (including phenoxy) is 2. The maximum Gasteiger partial charge on any atom is 1.00 e. The molecule has 1 heterocycles. The van der Waals surface area contributed by atoms with Crippen LogP contribution in [-0.2, 0) is 14.0 Å². The van der Waals surface area contributed by atoms with Crippen molar-refractivity contribution in [1.29, 1.82) is 0 Å². The molecule has 1 saturated heterocycles. The Morgan fingerprint density at radius 1 is 1.50 bits per heavy atom. The Labute approximate surface area is 165 Å². The Morgan fingerprint density at radius 2 is 1.86 bits per heavy atom. The van der Waals surface area contributed by atoms with E-state index in [0.29, 0.717) is 6.61 Å². The Bertz CT molecular complexity index is 200. The van der Waals surface area contributed by atoms with Gasteiger partial charge in [-0.2, -0.15) is 0 Å². The molecule has 0 aromatic heterocycles. The van der Waals surface area contributed by atoms with Gasteiger partial charge in [0.1, 0.15) is 20.6 Å². The average Bonchev–Trinajstić information content (AvgIpc) is 2.09. The van der Waals surface area contributed by atoms with Gasteiger partial charge >= 0.3 is 109 Å². The van der Waals surface area contributed by atoms with E-state index in [0.717, 1.165) is 0 Å². The Morgan fingerprint density at radius 3 is 1.93 bits per heavy atom. The number of carbonyl (C=O) groups is 1. The molecule has 1 rings (SSSR count). The van der Waals surface area contributed by atoms with Gasteiger partial charge in [0.25, 0.3) is 0 Å². The number of carbonyl (C=O) groups excluding carboxylic acids is 1. The van der Waals surface area contributed by atoms with Crippen LogP contribution in [0.15, 0.2) is 0 Å². The van der Waals surface area contributed by atoms with E-state index in [9.17, 15) is 8.99 Å². The van der Waals surface area contributed by atoms with E-state index in [1.165, 1.54) is 0 Å². The fourth-order valence-electron chi connectivity index (χ4n) is 0.418. The van der Waals surface area contributed by atoms with Crippen molar-refractivity contribution < 1.29 is 136 Å². The topological polar surface area (TPSA) is 98.7 Å². The van der Waals surface area contributed by atoms with Crippen molar-refractivity contribution in [2.75, 3.05) is 6.61 Å². The maximum atomic E-state index is 10.1. The molecule has 0 saturated carbocycles. The van der Waals surface area contributed by atoms with Crippen molar-refractivity contribution in [2.24, 2.45) is 0 Å². The molecule has 0 aromatic rings. The Hall–Kier alpha value is 2.62. The zero-order valence-corrected chi connectivity index (χ0v) is 15.2. The third-order valence-electron chi connectivity index (χ3n) is 0.733. The van der Waals surface area contributed by atoms with Gasteiger partial charge in [-0.15, -0.1) is 0 Å². The number of halogens is 1. The quantitative estimate of drug-likeness (QED) is 0.248. The minimum absolute atomic E-state index is 0. The minimum atomic E-state index is -5.64. The molecule has 72 valence electrons. The van der Waals surface area contributed by atoms with Gasteiger partial charge < -0.3 is 23.8 Å². The molecule has 6 nitrogen and oxygen atoms in total. The summed E-state index contributed by atoms with van der Waals surface area (Å²) in [4.78, 5) is 26.9. The normalized spacial score (nSPS) is 18.9. The standard InChI is InChI=1S/C4H6O3.FH2O3P.2K/c1-3-2-6-4(5)7-3;1-5(2,3)4;;/h3H,2H2,1H3;(H2,2,3,4);;/q;;2*+1/p-2. The van der Waals surface area contributed by atoms with E-state index in [2.05, 4.69) is 9.47 Å². The fraction of sp³-hybridized carbons (Fsp3) is 0.750. The van der Waals surface area contributed by atoms with Crippen LogP contribution in [0, 0.1) is 0 Å². The van der Waals surface area contributed by atoms with E-state index in [1.807, 2.05) is 0 Å². The molecule has 1 atom stereocenters. The number of hydrogen-bond acceptors (Lipinski definition) is 6. The number of hydrogen-bond donors (Lipinski definition) is 0. The van der Waals surface area contributed by atoms with Crippen molar-refractivity contribution in [3.8, 4) is 0 Å². The summed E-state index contributed by atoms with van der Waals surface area (Å²) in [6.45, 7) is 2.18. The van der Waals surface area contributed by atoms with E-state index in [-0.39, 0.29) is 109 Å². The van der Waals surface area contributed by atoms with Crippen molar-refractivity contribution in [3.05, 3.63) is 0 Å². The van der Waals surface area contributed by atoms with E-state index >= 15 is 0 Å². The summed E-state index contributed by atoms with van der Waals surface area (Å²) in [6.07, 6.45) is -0.597. The third kappa shape index (κ3) is 20.1. The molecular formula is C4H6FK2O6P. The summed E-state index contributed by atoms with van der Waals surface area (Å²) in [7, 11) is -5.64. The second-order valence-electron chi connectivity index (χ2n) is 1.92. The molecule has 14 heavy (non-hydrogen) atoms. The maximum absolute atomic E-state index is 10.1. The Kier molecular flexibility index (Phi) is 16.8. The van der Waals surface area contributed by atoms with Crippen LogP contribution in [0.25, 0.3) is 0 Å². The van der Waals surface area contributed by atoms with Crippen molar-refractivity contribution in [1.82, 2.24) is 0 Å². The predicted octanol–water partition coefficient (Wildman–Crippen LogP) is -6.67. The van der Waals surface area contributed by atoms with E-state index in [4.69, 9.17) is 14.4 Å². The summed E-state index contributed by atoms with van der Waals surface area (Å²) < 4.78 is 27.5. The zero-order chi connectivity index (χ0) is 9.78. The van der Waals surface area contributed by atoms with E-state index in [1.54, 1.807) is 6.92 Å². The zero-order valence-electron chi connectivity index (χ0n) is 8.06. The summed E-state index contributed by atoms with van der Waals surface area (Å²) >= 11 is 0. The first-order valence-corrected chi connectivity index (χ1v) is 4.27. The van der Waals surface area contributed by atoms with Crippen LogP contribution in [0.4, 0.5) is 8.99 Å². The Balaban J connectivity index is -0.000000159. The first kappa shape index (κ1) is 21.9. The second kappa shape index (κ2) is 10.8. The summed E-state index contributed by atoms with van der Waals surface area (Å²) in [5.74, 6) is 0. The van der Waals surface area contributed by atoms with Crippen LogP contribution in [-0.4, -0.2) is 18.9 Å². The molecular weight excluding hydrogens is 272 g/mol. The van der Waals surface area contributed by atoms with Gasteiger partial charge in [0.05, 0.1) is 0 Å². The van der Waals surface area contributed by atoms with Gasteiger partial charge in [0, 0.05) is 0 Å². The average molecular weight is 278 g/mol. The van der Waals surface area contributed by atoms with Crippen molar-refractivity contribution in [3.63, 3.8) is 0 Å². The molecule has 0 aromatic carbocycles.